The van der Waals surface area contributed by atoms with E-state index in [0.29, 0.717) is 17.9 Å². The number of aliphatic hydroxyl groups is 1. The minimum Gasteiger partial charge on any atom is -0.455 e. The topological polar surface area (TPSA) is 42.4 Å². The Morgan fingerprint density at radius 3 is 2.68 bits per heavy atom. The first-order valence-corrected chi connectivity index (χ1v) is 7.42. The van der Waals surface area contributed by atoms with Crippen LogP contribution in [0.2, 0.25) is 0 Å². The molecule has 2 rings (SSSR count). The van der Waals surface area contributed by atoms with Crippen LogP contribution in [0, 0.1) is 0 Å². The second kappa shape index (κ2) is 6.59. The lowest BCUT2D eigenvalue weighted by molar-refractivity contribution is 0.169. The van der Waals surface area contributed by atoms with Gasteiger partial charge in [-0.05, 0) is 36.9 Å². The molecule has 1 aromatic heterocycles. The van der Waals surface area contributed by atoms with Crippen LogP contribution < -0.4 is 4.74 Å². The van der Waals surface area contributed by atoms with Crippen LogP contribution in [-0.4, -0.2) is 16.3 Å². The molecule has 2 aromatic rings. The van der Waals surface area contributed by atoms with Crippen molar-refractivity contribution in [3.63, 3.8) is 0 Å². The summed E-state index contributed by atoms with van der Waals surface area (Å²) in [5.74, 6) is 1.49. The molecule has 0 spiro atoms. The van der Waals surface area contributed by atoms with Gasteiger partial charge in [0.2, 0.25) is 0 Å². The molecule has 0 amide bonds. The normalized spacial score (nSPS) is 12.2. The minimum absolute atomic E-state index is 0.507. The van der Waals surface area contributed by atoms with E-state index < -0.39 is 6.10 Å². The first-order valence-electron chi connectivity index (χ1n) is 6.19. The summed E-state index contributed by atoms with van der Waals surface area (Å²) in [4.78, 5) is 5.30. The van der Waals surface area contributed by atoms with Gasteiger partial charge in [0.1, 0.15) is 11.5 Å². The highest BCUT2D eigenvalue weighted by Gasteiger charge is 2.07. The maximum absolute atomic E-state index is 9.69. The Bertz CT molecular complexity index is 528. The molecule has 0 aliphatic heterocycles. The van der Waals surface area contributed by atoms with Gasteiger partial charge >= 0.3 is 0 Å². The van der Waals surface area contributed by atoms with Crippen LogP contribution in [0.5, 0.6) is 11.5 Å². The largest absolute Gasteiger partial charge is 0.455 e. The standard InChI is InChI=1S/C15H17NO2S/c1-3-13(17)12-9-8-11(10-16-12)18-14-6-4-5-7-15(14)19-2/h4-10,13,17H,3H2,1-2H3. The predicted molar refractivity (Wildman–Crippen MR) is 77.8 cm³/mol. The van der Waals surface area contributed by atoms with E-state index in [-0.39, 0.29) is 0 Å². The lowest BCUT2D eigenvalue weighted by Crippen LogP contribution is -1.98. The summed E-state index contributed by atoms with van der Waals surface area (Å²) in [5, 5.41) is 9.69. The van der Waals surface area contributed by atoms with Gasteiger partial charge in [-0.15, -0.1) is 11.8 Å². The highest BCUT2D eigenvalue weighted by molar-refractivity contribution is 7.98. The van der Waals surface area contributed by atoms with Gasteiger partial charge in [0, 0.05) is 4.90 Å². The van der Waals surface area contributed by atoms with Crippen LogP contribution in [0.3, 0.4) is 0 Å². The molecular formula is C15H17NO2S. The highest BCUT2D eigenvalue weighted by Crippen LogP contribution is 2.31. The van der Waals surface area contributed by atoms with Gasteiger partial charge in [-0.3, -0.25) is 4.98 Å². The van der Waals surface area contributed by atoms with Crippen molar-refractivity contribution in [3.05, 3.63) is 48.3 Å². The molecule has 1 unspecified atom stereocenters. The molecule has 1 aromatic carbocycles. The van der Waals surface area contributed by atoms with Crippen molar-refractivity contribution in [3.8, 4) is 11.5 Å². The number of nitrogens with zero attached hydrogens (tertiary/aromatic N) is 1. The molecule has 3 nitrogen and oxygen atoms in total. The Balaban J connectivity index is 2.15. The fourth-order valence-electron chi connectivity index (χ4n) is 1.69. The number of rotatable bonds is 5. The van der Waals surface area contributed by atoms with Gasteiger partial charge in [-0.25, -0.2) is 0 Å². The molecule has 0 fully saturated rings. The van der Waals surface area contributed by atoms with E-state index in [1.807, 2.05) is 43.5 Å². The summed E-state index contributed by atoms with van der Waals surface area (Å²) in [6, 6.07) is 11.5. The molecule has 4 heteroatoms. The third-order valence-electron chi connectivity index (χ3n) is 2.78. The van der Waals surface area contributed by atoms with Gasteiger partial charge in [0.05, 0.1) is 18.0 Å². The maximum Gasteiger partial charge on any atom is 0.145 e. The van der Waals surface area contributed by atoms with Gasteiger partial charge < -0.3 is 9.84 Å². The van der Waals surface area contributed by atoms with Crippen molar-refractivity contribution < 1.29 is 9.84 Å². The number of para-hydroxylation sites is 1. The number of pyridine rings is 1. The lowest BCUT2D eigenvalue weighted by Gasteiger charge is -2.11. The molecule has 0 saturated carbocycles. The highest BCUT2D eigenvalue weighted by atomic mass is 32.2. The molecule has 100 valence electrons. The van der Waals surface area contributed by atoms with Crippen molar-refractivity contribution >= 4 is 11.8 Å². The Morgan fingerprint density at radius 1 is 1.26 bits per heavy atom. The van der Waals surface area contributed by atoms with E-state index in [0.717, 1.165) is 10.6 Å². The predicted octanol–water partition coefficient (Wildman–Crippen LogP) is 4.04. The zero-order valence-electron chi connectivity index (χ0n) is 11.0. The number of thioether (sulfide) groups is 1. The number of hydrogen-bond acceptors (Lipinski definition) is 4. The molecule has 0 radical (unpaired) electrons. The van der Waals surface area contributed by atoms with Gasteiger partial charge in [0.25, 0.3) is 0 Å². The average molecular weight is 275 g/mol. The van der Waals surface area contributed by atoms with Crippen LogP contribution in [0.4, 0.5) is 0 Å². The van der Waals surface area contributed by atoms with E-state index in [9.17, 15) is 5.11 Å². The maximum atomic E-state index is 9.69. The second-order valence-corrected chi connectivity index (χ2v) is 4.94. The smallest absolute Gasteiger partial charge is 0.145 e. The quantitative estimate of drug-likeness (QED) is 0.836. The Kier molecular flexibility index (Phi) is 4.82. The Morgan fingerprint density at radius 2 is 2.05 bits per heavy atom. The number of ether oxygens (including phenoxy) is 1. The summed E-state index contributed by atoms with van der Waals surface area (Å²) < 4.78 is 5.80. The van der Waals surface area contributed by atoms with Crippen molar-refractivity contribution in [2.24, 2.45) is 0 Å². The van der Waals surface area contributed by atoms with E-state index in [1.165, 1.54) is 0 Å². The zero-order valence-corrected chi connectivity index (χ0v) is 11.9. The van der Waals surface area contributed by atoms with Crippen LogP contribution in [0.1, 0.15) is 25.1 Å². The molecule has 0 saturated heterocycles. The van der Waals surface area contributed by atoms with Crippen LogP contribution >= 0.6 is 11.8 Å². The van der Waals surface area contributed by atoms with Crippen molar-refractivity contribution in [1.82, 2.24) is 4.98 Å². The van der Waals surface area contributed by atoms with Crippen molar-refractivity contribution in [1.29, 1.82) is 0 Å². The first-order chi connectivity index (χ1) is 9.24. The van der Waals surface area contributed by atoms with Crippen molar-refractivity contribution in [2.75, 3.05) is 6.26 Å². The van der Waals surface area contributed by atoms with Crippen LogP contribution in [-0.2, 0) is 0 Å². The molecule has 0 aliphatic carbocycles. The van der Waals surface area contributed by atoms with E-state index >= 15 is 0 Å². The summed E-state index contributed by atoms with van der Waals surface area (Å²) in [5.41, 5.74) is 0.674. The third-order valence-corrected chi connectivity index (χ3v) is 3.56. The summed E-state index contributed by atoms with van der Waals surface area (Å²) in [7, 11) is 0. The fourth-order valence-corrected chi connectivity index (χ4v) is 2.21. The average Bonchev–Trinajstić information content (AvgIpc) is 2.48. The number of aromatic nitrogens is 1. The van der Waals surface area contributed by atoms with E-state index in [4.69, 9.17) is 4.74 Å². The number of aliphatic hydroxyl groups excluding tert-OH is 1. The minimum atomic E-state index is -0.507. The number of hydrogen-bond donors (Lipinski definition) is 1. The van der Waals surface area contributed by atoms with Crippen LogP contribution in [0.15, 0.2) is 47.5 Å². The van der Waals surface area contributed by atoms with Gasteiger partial charge in [-0.1, -0.05) is 19.1 Å². The number of benzene rings is 1. The molecule has 1 heterocycles. The van der Waals surface area contributed by atoms with E-state index in [2.05, 4.69) is 4.98 Å². The molecular weight excluding hydrogens is 258 g/mol. The monoisotopic (exact) mass is 275 g/mol. The summed E-state index contributed by atoms with van der Waals surface area (Å²) in [6.07, 6.45) is 3.81. The summed E-state index contributed by atoms with van der Waals surface area (Å²) in [6.45, 7) is 1.92. The lowest BCUT2D eigenvalue weighted by atomic mass is 10.2. The summed E-state index contributed by atoms with van der Waals surface area (Å²) >= 11 is 1.64. The van der Waals surface area contributed by atoms with Crippen molar-refractivity contribution in [2.45, 2.75) is 24.3 Å². The molecule has 0 aliphatic rings. The zero-order chi connectivity index (χ0) is 13.7. The second-order valence-electron chi connectivity index (χ2n) is 4.10. The first kappa shape index (κ1) is 13.9. The fraction of sp³-hybridized carbons (Fsp3) is 0.267. The van der Waals surface area contributed by atoms with Crippen LogP contribution in [0.25, 0.3) is 0 Å². The Labute approximate surface area is 117 Å². The van der Waals surface area contributed by atoms with Gasteiger partial charge in [0.15, 0.2) is 0 Å². The van der Waals surface area contributed by atoms with E-state index in [1.54, 1.807) is 24.0 Å². The third kappa shape index (κ3) is 3.49. The molecule has 19 heavy (non-hydrogen) atoms. The SMILES string of the molecule is CCC(O)c1ccc(Oc2ccccc2SC)cn1. The van der Waals surface area contributed by atoms with Gasteiger partial charge in [-0.2, -0.15) is 0 Å². The molecule has 0 bridgehead atoms. The molecule has 1 N–H and O–H groups in total. The Hall–Kier alpha value is -1.52. The molecule has 1 atom stereocenters.